The van der Waals surface area contributed by atoms with Crippen molar-refractivity contribution < 1.29 is 19.5 Å². The van der Waals surface area contributed by atoms with Crippen molar-refractivity contribution in [3.8, 4) is 0 Å². The van der Waals surface area contributed by atoms with E-state index in [9.17, 15) is 19.5 Å². The van der Waals surface area contributed by atoms with Crippen LogP contribution in [-0.4, -0.2) is 40.3 Å². The number of nitrogens with zero attached hydrogens (tertiary/aromatic N) is 1. The van der Waals surface area contributed by atoms with E-state index < -0.39 is 23.7 Å². The number of hydrogen-bond donors (Lipinski definition) is 1. The van der Waals surface area contributed by atoms with Crippen LogP contribution < -0.4 is 0 Å². The first-order valence-electron chi connectivity index (χ1n) is 3.94. The van der Waals surface area contributed by atoms with Crippen molar-refractivity contribution in [3.63, 3.8) is 0 Å². The van der Waals surface area contributed by atoms with Crippen molar-refractivity contribution in [1.29, 1.82) is 0 Å². The summed E-state index contributed by atoms with van der Waals surface area (Å²) in [6.45, 7) is 2.86. The Labute approximate surface area is 80.3 Å². The highest BCUT2D eigenvalue weighted by Crippen LogP contribution is 2.04. The highest BCUT2D eigenvalue weighted by molar-refractivity contribution is 6.13. The van der Waals surface area contributed by atoms with Gasteiger partial charge in [0.1, 0.15) is 6.10 Å². The number of imide groups is 1. The van der Waals surface area contributed by atoms with E-state index in [0.717, 1.165) is 23.1 Å². The lowest BCUT2D eigenvalue weighted by Crippen LogP contribution is -2.39. The molecule has 14 heavy (non-hydrogen) atoms. The standard InChI is InChI=1S/C9H9NO4/c1-2-6(11)7(12)5-10-8(13)3-4-9(10)14/h2-4,7,12H,1,5H2. The van der Waals surface area contributed by atoms with Crippen LogP contribution in [0.4, 0.5) is 0 Å². The number of β-amino-alcohol motifs (C(OH)–C–C–N with tert-alkyl or cyclic N) is 1. The fourth-order valence-corrected chi connectivity index (χ4v) is 1.01. The van der Waals surface area contributed by atoms with Gasteiger partial charge >= 0.3 is 0 Å². The predicted octanol–water partition coefficient (Wildman–Crippen LogP) is -0.973. The van der Waals surface area contributed by atoms with Gasteiger partial charge in [0.25, 0.3) is 11.8 Å². The van der Waals surface area contributed by atoms with Crippen LogP contribution in [0.5, 0.6) is 0 Å². The second-order valence-electron chi connectivity index (χ2n) is 2.74. The van der Waals surface area contributed by atoms with Gasteiger partial charge in [0, 0.05) is 12.2 Å². The van der Waals surface area contributed by atoms with E-state index in [0.29, 0.717) is 0 Å². The summed E-state index contributed by atoms with van der Waals surface area (Å²) < 4.78 is 0. The zero-order valence-electron chi connectivity index (χ0n) is 7.34. The molecule has 0 aromatic carbocycles. The van der Waals surface area contributed by atoms with E-state index in [2.05, 4.69) is 6.58 Å². The number of carbonyl (C=O) groups is 3. The van der Waals surface area contributed by atoms with Crippen LogP contribution in [0.15, 0.2) is 24.8 Å². The highest BCUT2D eigenvalue weighted by atomic mass is 16.3. The van der Waals surface area contributed by atoms with Gasteiger partial charge in [-0.1, -0.05) is 6.58 Å². The van der Waals surface area contributed by atoms with E-state index >= 15 is 0 Å². The largest absolute Gasteiger partial charge is 0.383 e. The van der Waals surface area contributed by atoms with Crippen molar-refractivity contribution >= 4 is 17.6 Å². The summed E-state index contributed by atoms with van der Waals surface area (Å²) in [5.41, 5.74) is 0. The summed E-state index contributed by atoms with van der Waals surface area (Å²) in [6, 6.07) is 0. The van der Waals surface area contributed by atoms with Gasteiger partial charge < -0.3 is 5.11 Å². The Morgan fingerprint density at radius 2 is 2.00 bits per heavy atom. The SMILES string of the molecule is C=CC(=O)C(O)CN1C(=O)C=CC1=O. The molecule has 0 spiro atoms. The topological polar surface area (TPSA) is 74.7 Å². The quantitative estimate of drug-likeness (QED) is 0.462. The van der Waals surface area contributed by atoms with Crippen LogP contribution in [0, 0.1) is 0 Å². The minimum absolute atomic E-state index is 0.324. The first-order chi connectivity index (χ1) is 6.56. The maximum atomic E-state index is 11.0. The van der Waals surface area contributed by atoms with Gasteiger partial charge in [0.05, 0.1) is 6.54 Å². The zero-order valence-corrected chi connectivity index (χ0v) is 7.34. The smallest absolute Gasteiger partial charge is 0.253 e. The third kappa shape index (κ3) is 1.94. The molecular formula is C9H9NO4. The van der Waals surface area contributed by atoms with Gasteiger partial charge in [-0.3, -0.25) is 19.3 Å². The minimum atomic E-state index is -1.39. The lowest BCUT2D eigenvalue weighted by atomic mass is 10.2. The number of carbonyl (C=O) groups excluding carboxylic acids is 3. The Balaban J connectivity index is 2.61. The Kier molecular flexibility index (Phi) is 2.93. The molecule has 5 heteroatoms. The van der Waals surface area contributed by atoms with Crippen LogP contribution in [0.25, 0.3) is 0 Å². The molecule has 1 aliphatic rings. The monoisotopic (exact) mass is 195 g/mol. The van der Waals surface area contributed by atoms with Crippen LogP contribution in [0.2, 0.25) is 0 Å². The summed E-state index contributed by atoms with van der Waals surface area (Å²) >= 11 is 0. The van der Waals surface area contributed by atoms with Crippen LogP contribution >= 0.6 is 0 Å². The number of aliphatic hydroxyl groups excluding tert-OH is 1. The number of ketones is 1. The van der Waals surface area contributed by atoms with Gasteiger partial charge in [-0.2, -0.15) is 0 Å². The fourth-order valence-electron chi connectivity index (χ4n) is 1.01. The molecule has 1 heterocycles. The van der Waals surface area contributed by atoms with Gasteiger partial charge in [-0.05, 0) is 6.08 Å². The highest BCUT2D eigenvalue weighted by Gasteiger charge is 2.27. The molecule has 1 unspecified atom stereocenters. The number of amides is 2. The average Bonchev–Trinajstić information content (AvgIpc) is 2.48. The lowest BCUT2D eigenvalue weighted by molar-refractivity contribution is -0.139. The Morgan fingerprint density at radius 1 is 1.50 bits per heavy atom. The molecule has 74 valence electrons. The maximum absolute atomic E-state index is 11.0. The lowest BCUT2D eigenvalue weighted by Gasteiger charge is -2.16. The first kappa shape index (κ1) is 10.3. The van der Waals surface area contributed by atoms with E-state index in [4.69, 9.17) is 0 Å². The van der Waals surface area contributed by atoms with Gasteiger partial charge in [-0.15, -0.1) is 0 Å². The second kappa shape index (κ2) is 3.97. The molecule has 1 rings (SSSR count). The van der Waals surface area contributed by atoms with Crippen molar-refractivity contribution in [3.05, 3.63) is 24.8 Å². The summed E-state index contributed by atoms with van der Waals surface area (Å²) in [5.74, 6) is -1.66. The summed E-state index contributed by atoms with van der Waals surface area (Å²) in [5, 5.41) is 9.22. The molecular weight excluding hydrogens is 186 g/mol. The summed E-state index contributed by atoms with van der Waals surface area (Å²) in [4.78, 5) is 33.7. The fraction of sp³-hybridized carbons (Fsp3) is 0.222. The van der Waals surface area contributed by atoms with E-state index in [1.165, 1.54) is 0 Å². The molecule has 0 saturated heterocycles. The number of rotatable bonds is 4. The normalized spacial score (nSPS) is 17.4. The molecule has 2 amide bonds. The van der Waals surface area contributed by atoms with Gasteiger partial charge in [0.15, 0.2) is 5.78 Å². The van der Waals surface area contributed by atoms with Gasteiger partial charge in [-0.25, -0.2) is 0 Å². The first-order valence-corrected chi connectivity index (χ1v) is 3.94. The number of hydrogen-bond acceptors (Lipinski definition) is 4. The van der Waals surface area contributed by atoms with E-state index in [1.54, 1.807) is 0 Å². The molecule has 1 aliphatic heterocycles. The van der Waals surface area contributed by atoms with E-state index in [-0.39, 0.29) is 6.54 Å². The molecule has 1 N–H and O–H groups in total. The molecule has 0 radical (unpaired) electrons. The Morgan fingerprint density at radius 3 is 2.43 bits per heavy atom. The van der Waals surface area contributed by atoms with Crippen LogP contribution in [-0.2, 0) is 14.4 Å². The predicted molar refractivity (Wildman–Crippen MR) is 47.1 cm³/mol. The van der Waals surface area contributed by atoms with Crippen molar-refractivity contribution in [2.24, 2.45) is 0 Å². The number of aliphatic hydroxyl groups is 1. The van der Waals surface area contributed by atoms with Crippen molar-refractivity contribution in [2.75, 3.05) is 6.54 Å². The average molecular weight is 195 g/mol. The minimum Gasteiger partial charge on any atom is -0.383 e. The molecule has 0 fully saturated rings. The molecule has 0 bridgehead atoms. The molecule has 0 aliphatic carbocycles. The molecule has 1 atom stereocenters. The molecule has 5 nitrogen and oxygen atoms in total. The molecule has 0 aromatic rings. The summed E-state index contributed by atoms with van der Waals surface area (Å²) in [7, 11) is 0. The third-order valence-electron chi connectivity index (χ3n) is 1.79. The molecule has 0 saturated carbocycles. The van der Waals surface area contributed by atoms with Crippen molar-refractivity contribution in [2.45, 2.75) is 6.10 Å². The van der Waals surface area contributed by atoms with Gasteiger partial charge in [0.2, 0.25) is 0 Å². The van der Waals surface area contributed by atoms with Crippen LogP contribution in [0.1, 0.15) is 0 Å². The molecule has 0 aromatic heterocycles. The van der Waals surface area contributed by atoms with E-state index in [1.807, 2.05) is 0 Å². The maximum Gasteiger partial charge on any atom is 0.253 e. The Bertz CT molecular complexity index is 314. The van der Waals surface area contributed by atoms with Crippen LogP contribution in [0.3, 0.4) is 0 Å². The zero-order chi connectivity index (χ0) is 10.7. The summed E-state index contributed by atoms with van der Waals surface area (Å²) in [6.07, 6.45) is 1.74. The Hall–Kier alpha value is -1.75. The third-order valence-corrected chi connectivity index (χ3v) is 1.79. The second-order valence-corrected chi connectivity index (χ2v) is 2.74. The van der Waals surface area contributed by atoms with Crippen molar-refractivity contribution in [1.82, 2.24) is 4.90 Å².